The number of rotatable bonds is 0. The highest BCUT2D eigenvalue weighted by Gasteiger charge is 1.85. The molecular weight excluding hydrogens is 86.1 g/mol. The van der Waals surface area contributed by atoms with Crippen LogP contribution in [-0.2, 0) is 0 Å². The molecule has 0 atom stereocenters. The van der Waals surface area contributed by atoms with Gasteiger partial charge in [-0.3, -0.25) is 0 Å². The summed E-state index contributed by atoms with van der Waals surface area (Å²) in [7, 11) is 0. The van der Waals surface area contributed by atoms with E-state index in [1.807, 2.05) is 25.3 Å². The molecule has 2 radical (unpaired) electrons. The predicted molar refractivity (Wildman–Crippen MR) is 29.3 cm³/mol. The quantitative estimate of drug-likeness (QED) is 0.472. The highest BCUT2D eigenvalue weighted by atomic mass is 14.8. The summed E-state index contributed by atoms with van der Waals surface area (Å²) < 4.78 is 0. The number of dihydropyridines is 1. The van der Waals surface area contributed by atoms with E-state index in [1.165, 1.54) is 5.57 Å². The number of nitrogens with one attached hydrogen (secondary N) is 1. The molecule has 1 N–H and O–H groups in total. The monoisotopic (exact) mass is 93.1 g/mol. The lowest BCUT2D eigenvalue weighted by Crippen LogP contribution is -2.00. The first-order valence-corrected chi connectivity index (χ1v) is 2.24. The lowest BCUT2D eigenvalue weighted by molar-refractivity contribution is 1.07. The molecule has 0 aromatic carbocycles. The molecule has 1 heteroatoms. The van der Waals surface area contributed by atoms with Gasteiger partial charge in [0, 0.05) is 0 Å². The molecule has 36 valence electrons. The van der Waals surface area contributed by atoms with Crippen molar-refractivity contribution in [3.8, 4) is 0 Å². The lowest BCUT2D eigenvalue weighted by atomic mass is 10.2. The Bertz CT molecular complexity index is 111. The average molecular weight is 93.1 g/mol. The van der Waals surface area contributed by atoms with Gasteiger partial charge in [-0.15, -0.1) is 0 Å². The van der Waals surface area contributed by atoms with E-state index in [1.54, 1.807) is 0 Å². The van der Waals surface area contributed by atoms with E-state index in [9.17, 15) is 0 Å². The number of hydrogen-bond acceptors (Lipinski definition) is 1. The summed E-state index contributed by atoms with van der Waals surface area (Å²) in [5.74, 6) is 0. The maximum Gasteiger partial charge on any atom is 0.115 e. The molecule has 1 aliphatic rings. The van der Waals surface area contributed by atoms with E-state index in [0.29, 0.717) is 0 Å². The van der Waals surface area contributed by atoms with E-state index >= 15 is 0 Å². The molecule has 0 fully saturated rings. The van der Waals surface area contributed by atoms with Gasteiger partial charge in [0.1, 0.15) is 6.54 Å². The number of allylic oxidation sites excluding steroid dienone is 2. The Labute approximate surface area is 43.7 Å². The van der Waals surface area contributed by atoms with Crippen LogP contribution >= 0.6 is 0 Å². The van der Waals surface area contributed by atoms with Gasteiger partial charge in [0.15, 0.2) is 0 Å². The Morgan fingerprint density at radius 2 is 2.57 bits per heavy atom. The molecule has 0 amide bonds. The predicted octanol–water partition coefficient (Wildman–Crippen LogP) is 1.09. The zero-order valence-electron chi connectivity index (χ0n) is 4.23. The van der Waals surface area contributed by atoms with Crippen molar-refractivity contribution in [2.45, 2.75) is 6.92 Å². The minimum atomic E-state index is 1.23. The molecule has 0 aliphatic carbocycles. The van der Waals surface area contributed by atoms with Gasteiger partial charge in [-0.2, -0.15) is 0 Å². The molecule has 0 unspecified atom stereocenters. The molecule has 0 saturated heterocycles. The van der Waals surface area contributed by atoms with Crippen LogP contribution in [0.5, 0.6) is 0 Å². The summed E-state index contributed by atoms with van der Waals surface area (Å²) in [6, 6.07) is 0. The van der Waals surface area contributed by atoms with Crippen LogP contribution in [0.2, 0.25) is 0 Å². The Balaban J connectivity index is 2.58. The third-order valence-corrected chi connectivity index (χ3v) is 0.813. The molecule has 0 aromatic heterocycles. The van der Waals surface area contributed by atoms with E-state index in [4.69, 9.17) is 0 Å². The Morgan fingerprint density at radius 3 is 2.86 bits per heavy atom. The van der Waals surface area contributed by atoms with Crippen LogP contribution < -0.4 is 5.32 Å². The summed E-state index contributed by atoms with van der Waals surface area (Å²) in [6.07, 6.45) is 5.76. The molecular formula is C6H7N. The Morgan fingerprint density at radius 1 is 1.71 bits per heavy atom. The summed E-state index contributed by atoms with van der Waals surface area (Å²) in [6.45, 7) is 4.87. The highest BCUT2D eigenvalue weighted by Crippen LogP contribution is 1.97. The van der Waals surface area contributed by atoms with Crippen LogP contribution in [0, 0.1) is 6.54 Å². The van der Waals surface area contributed by atoms with Gasteiger partial charge in [0.25, 0.3) is 0 Å². The van der Waals surface area contributed by atoms with Crippen molar-refractivity contribution in [2.75, 3.05) is 0 Å². The van der Waals surface area contributed by atoms with Crippen LogP contribution in [0.1, 0.15) is 6.92 Å². The Hall–Kier alpha value is -0.720. The normalized spacial score (nSPS) is 18.1. The minimum Gasteiger partial charge on any atom is -0.377 e. The molecule has 1 nitrogen and oxygen atoms in total. The van der Waals surface area contributed by atoms with Crippen molar-refractivity contribution >= 4 is 0 Å². The molecule has 0 saturated carbocycles. The van der Waals surface area contributed by atoms with Crippen molar-refractivity contribution < 1.29 is 0 Å². The van der Waals surface area contributed by atoms with Gasteiger partial charge >= 0.3 is 0 Å². The standard InChI is InChI=1S/C6H7N/c1-6-2-4-7-5-3-6/h2-4,7H,1H3. The minimum absolute atomic E-state index is 1.23. The van der Waals surface area contributed by atoms with Crippen molar-refractivity contribution in [1.29, 1.82) is 0 Å². The van der Waals surface area contributed by atoms with Gasteiger partial charge in [-0.1, -0.05) is 11.6 Å². The van der Waals surface area contributed by atoms with Crippen LogP contribution in [0.3, 0.4) is 0 Å². The molecule has 1 aliphatic heterocycles. The largest absolute Gasteiger partial charge is 0.377 e. The summed E-state index contributed by atoms with van der Waals surface area (Å²) in [4.78, 5) is 0. The maximum absolute atomic E-state index is 2.84. The number of hydrogen-bond donors (Lipinski definition) is 1. The van der Waals surface area contributed by atoms with Gasteiger partial charge in [-0.05, 0) is 19.2 Å². The van der Waals surface area contributed by atoms with Gasteiger partial charge < -0.3 is 5.32 Å². The second-order valence-corrected chi connectivity index (χ2v) is 1.51. The first-order valence-electron chi connectivity index (χ1n) is 2.24. The van der Waals surface area contributed by atoms with Crippen LogP contribution in [0.25, 0.3) is 0 Å². The van der Waals surface area contributed by atoms with Crippen LogP contribution in [-0.4, -0.2) is 0 Å². The van der Waals surface area contributed by atoms with Crippen molar-refractivity contribution in [2.24, 2.45) is 0 Å². The molecule has 7 heavy (non-hydrogen) atoms. The van der Waals surface area contributed by atoms with Gasteiger partial charge in [-0.25, -0.2) is 0 Å². The van der Waals surface area contributed by atoms with E-state index < -0.39 is 0 Å². The first-order chi connectivity index (χ1) is 3.39. The van der Waals surface area contributed by atoms with Crippen LogP contribution in [0.4, 0.5) is 0 Å². The molecule has 0 spiro atoms. The lowest BCUT2D eigenvalue weighted by Gasteiger charge is -1.99. The maximum atomic E-state index is 2.84. The Kier molecular flexibility index (Phi) is 1.16. The smallest absolute Gasteiger partial charge is 0.115 e. The average Bonchev–Trinajstić information content (AvgIpc) is 1.69. The topological polar surface area (TPSA) is 12.0 Å². The first kappa shape index (κ1) is 4.44. The SMILES string of the molecule is CC1=C[C]NC=C1. The molecule has 1 rings (SSSR count). The molecule has 1 heterocycles. The van der Waals surface area contributed by atoms with E-state index in [0.717, 1.165) is 0 Å². The third-order valence-electron chi connectivity index (χ3n) is 0.813. The molecule has 0 bridgehead atoms. The van der Waals surface area contributed by atoms with Gasteiger partial charge in [0.05, 0.1) is 0 Å². The second kappa shape index (κ2) is 1.82. The van der Waals surface area contributed by atoms with E-state index in [-0.39, 0.29) is 0 Å². The van der Waals surface area contributed by atoms with Gasteiger partial charge in [0.2, 0.25) is 0 Å². The molecule has 0 aromatic rings. The van der Waals surface area contributed by atoms with Crippen molar-refractivity contribution in [3.63, 3.8) is 0 Å². The van der Waals surface area contributed by atoms with Crippen LogP contribution in [0.15, 0.2) is 23.9 Å². The summed E-state index contributed by atoms with van der Waals surface area (Å²) in [5.41, 5.74) is 1.23. The highest BCUT2D eigenvalue weighted by molar-refractivity contribution is 5.22. The summed E-state index contributed by atoms with van der Waals surface area (Å²) >= 11 is 0. The zero-order chi connectivity index (χ0) is 5.11. The van der Waals surface area contributed by atoms with Crippen molar-refractivity contribution in [1.82, 2.24) is 5.32 Å². The fraction of sp³-hybridized carbons (Fsp3) is 0.167. The van der Waals surface area contributed by atoms with Crippen molar-refractivity contribution in [3.05, 3.63) is 30.5 Å². The summed E-state index contributed by atoms with van der Waals surface area (Å²) in [5, 5.41) is 2.81. The van der Waals surface area contributed by atoms with E-state index in [2.05, 4.69) is 11.9 Å². The zero-order valence-corrected chi connectivity index (χ0v) is 4.23. The fourth-order valence-electron chi connectivity index (χ4n) is 0.425. The fourth-order valence-corrected chi connectivity index (χ4v) is 0.425. The third kappa shape index (κ3) is 1.07. The second-order valence-electron chi connectivity index (χ2n) is 1.51.